The van der Waals surface area contributed by atoms with Crippen molar-refractivity contribution in [2.45, 2.75) is 0 Å². The normalized spacial score (nSPS) is 11.5. The van der Waals surface area contributed by atoms with E-state index in [1.54, 1.807) is 0 Å². The second-order valence-electron chi connectivity index (χ2n) is 4.84. The summed E-state index contributed by atoms with van der Waals surface area (Å²) in [5, 5.41) is -0.00926. The molecule has 0 radical (unpaired) electrons. The summed E-state index contributed by atoms with van der Waals surface area (Å²) in [5.74, 6) is -4.75. The fourth-order valence-corrected chi connectivity index (χ4v) is 4.02. The standard InChI is InChI=1S/C15H4F4N2OS2/c16-5-1-9-11(3-7(5)18)23-14(20-9)13(22)15-21-10-2-6(17)8(19)4-12(10)24-15/h1-4H. The Bertz CT molecular complexity index is 970. The van der Waals surface area contributed by atoms with Crippen molar-refractivity contribution in [3.05, 3.63) is 57.5 Å². The fraction of sp³-hybridized carbons (Fsp3) is 0. The van der Waals surface area contributed by atoms with Crippen LogP contribution in [-0.4, -0.2) is 15.8 Å². The van der Waals surface area contributed by atoms with Crippen LogP contribution in [0.25, 0.3) is 20.4 Å². The molecule has 4 aromatic rings. The Kier molecular flexibility index (Phi) is 3.36. The summed E-state index contributed by atoms with van der Waals surface area (Å²) in [4.78, 5) is 20.4. The first-order valence-electron chi connectivity index (χ1n) is 6.48. The van der Waals surface area contributed by atoms with Crippen LogP contribution in [0.2, 0.25) is 0 Å². The van der Waals surface area contributed by atoms with Gasteiger partial charge in [0, 0.05) is 12.1 Å². The van der Waals surface area contributed by atoms with Crippen molar-refractivity contribution in [3.8, 4) is 0 Å². The molecule has 0 bridgehead atoms. The van der Waals surface area contributed by atoms with Gasteiger partial charge in [-0.3, -0.25) is 4.79 Å². The maximum atomic E-state index is 13.2. The average Bonchev–Trinajstić information content (AvgIpc) is 3.11. The van der Waals surface area contributed by atoms with E-state index in [1.807, 2.05) is 0 Å². The van der Waals surface area contributed by atoms with Gasteiger partial charge in [0.15, 0.2) is 33.3 Å². The second-order valence-corrected chi connectivity index (χ2v) is 6.90. The molecule has 0 saturated heterocycles. The number of carbonyl (C=O) groups is 1. The number of ketones is 1. The Labute approximate surface area is 139 Å². The molecule has 2 aromatic heterocycles. The lowest BCUT2D eigenvalue weighted by Crippen LogP contribution is -1.99. The number of rotatable bonds is 2. The van der Waals surface area contributed by atoms with Crippen LogP contribution in [-0.2, 0) is 0 Å². The number of thiazole rings is 2. The molecule has 0 N–H and O–H groups in total. The van der Waals surface area contributed by atoms with E-state index >= 15 is 0 Å². The van der Waals surface area contributed by atoms with Gasteiger partial charge in [-0.1, -0.05) is 0 Å². The van der Waals surface area contributed by atoms with Crippen molar-refractivity contribution in [1.82, 2.24) is 9.97 Å². The molecular weight excluding hydrogens is 364 g/mol. The van der Waals surface area contributed by atoms with Crippen molar-refractivity contribution < 1.29 is 22.4 Å². The van der Waals surface area contributed by atoms with Crippen LogP contribution in [0.5, 0.6) is 0 Å². The van der Waals surface area contributed by atoms with Gasteiger partial charge >= 0.3 is 0 Å². The van der Waals surface area contributed by atoms with Crippen molar-refractivity contribution in [2.75, 3.05) is 0 Å². The molecule has 0 fully saturated rings. The zero-order valence-electron chi connectivity index (χ0n) is 11.4. The van der Waals surface area contributed by atoms with Crippen molar-refractivity contribution >= 4 is 48.9 Å². The van der Waals surface area contributed by atoms with E-state index < -0.39 is 29.1 Å². The molecule has 0 aliphatic heterocycles. The number of hydrogen-bond acceptors (Lipinski definition) is 5. The Hall–Kier alpha value is -2.39. The molecule has 0 saturated carbocycles. The van der Waals surface area contributed by atoms with E-state index in [-0.39, 0.29) is 21.0 Å². The minimum atomic E-state index is -1.06. The number of hydrogen-bond donors (Lipinski definition) is 0. The fourth-order valence-electron chi connectivity index (χ4n) is 2.13. The number of nitrogens with zero attached hydrogens (tertiary/aromatic N) is 2. The largest absolute Gasteiger partial charge is 0.283 e. The number of halogens is 4. The Morgan fingerprint density at radius 2 is 1.08 bits per heavy atom. The van der Waals surface area contributed by atoms with Crippen LogP contribution >= 0.6 is 22.7 Å². The van der Waals surface area contributed by atoms with E-state index in [2.05, 4.69) is 9.97 Å². The highest BCUT2D eigenvalue weighted by Crippen LogP contribution is 2.30. The van der Waals surface area contributed by atoms with Crippen molar-refractivity contribution in [2.24, 2.45) is 0 Å². The lowest BCUT2D eigenvalue weighted by molar-refractivity contribution is 0.103. The van der Waals surface area contributed by atoms with E-state index in [1.165, 1.54) is 0 Å². The van der Waals surface area contributed by atoms with Gasteiger partial charge < -0.3 is 0 Å². The minimum Gasteiger partial charge on any atom is -0.283 e. The summed E-state index contributed by atoms with van der Waals surface area (Å²) in [6, 6.07) is 3.73. The van der Waals surface area contributed by atoms with Crippen LogP contribution in [0.1, 0.15) is 14.8 Å². The number of fused-ring (bicyclic) bond motifs is 2. The highest BCUT2D eigenvalue weighted by Gasteiger charge is 2.20. The first-order valence-corrected chi connectivity index (χ1v) is 8.11. The summed E-state index contributed by atoms with van der Waals surface area (Å²) in [6.07, 6.45) is 0. The van der Waals surface area contributed by atoms with Gasteiger partial charge in [0.1, 0.15) is 0 Å². The van der Waals surface area contributed by atoms with Crippen LogP contribution in [0, 0.1) is 23.3 Å². The molecule has 2 aromatic carbocycles. The van der Waals surface area contributed by atoms with Crippen molar-refractivity contribution in [3.63, 3.8) is 0 Å². The monoisotopic (exact) mass is 368 g/mol. The third kappa shape index (κ3) is 2.36. The minimum absolute atomic E-state index is 0.00463. The zero-order chi connectivity index (χ0) is 17.0. The first kappa shape index (κ1) is 15.2. The maximum Gasteiger partial charge on any atom is 0.250 e. The molecule has 24 heavy (non-hydrogen) atoms. The van der Waals surface area contributed by atoms with Gasteiger partial charge in [-0.15, -0.1) is 22.7 Å². The summed E-state index contributed by atoms with van der Waals surface area (Å²) in [7, 11) is 0. The van der Waals surface area contributed by atoms with Gasteiger partial charge in [-0.2, -0.15) is 0 Å². The van der Waals surface area contributed by atoms with E-state index in [9.17, 15) is 22.4 Å². The quantitative estimate of drug-likeness (QED) is 0.381. The lowest BCUT2D eigenvalue weighted by Gasteiger charge is -1.90. The highest BCUT2D eigenvalue weighted by atomic mass is 32.1. The van der Waals surface area contributed by atoms with Crippen LogP contribution in [0.3, 0.4) is 0 Å². The SMILES string of the molecule is O=C(c1nc2cc(F)c(F)cc2s1)c1nc2cc(F)c(F)cc2s1. The zero-order valence-corrected chi connectivity index (χ0v) is 13.1. The number of carbonyl (C=O) groups excluding carboxylic acids is 1. The molecular formula is C15H4F4N2OS2. The smallest absolute Gasteiger partial charge is 0.250 e. The van der Waals surface area contributed by atoms with E-state index in [4.69, 9.17) is 0 Å². The first-order chi connectivity index (χ1) is 11.4. The molecule has 0 spiro atoms. The molecule has 2 heterocycles. The molecule has 0 unspecified atom stereocenters. The van der Waals surface area contributed by atoms with Crippen LogP contribution in [0.4, 0.5) is 17.6 Å². The summed E-state index contributed by atoms with van der Waals surface area (Å²) in [5.41, 5.74) is 0.306. The molecule has 0 atom stereocenters. The number of benzene rings is 2. The number of aromatic nitrogens is 2. The topological polar surface area (TPSA) is 42.9 Å². The molecule has 0 aliphatic rings. The summed E-state index contributed by atoms with van der Waals surface area (Å²) >= 11 is 1.78. The van der Waals surface area contributed by atoms with E-state index in [0.29, 0.717) is 9.40 Å². The van der Waals surface area contributed by atoms with Crippen molar-refractivity contribution in [1.29, 1.82) is 0 Å². The third-order valence-electron chi connectivity index (χ3n) is 3.25. The molecule has 0 amide bonds. The van der Waals surface area contributed by atoms with E-state index in [0.717, 1.165) is 46.9 Å². The van der Waals surface area contributed by atoms with Gasteiger partial charge in [0.25, 0.3) is 0 Å². The maximum absolute atomic E-state index is 13.2. The van der Waals surface area contributed by atoms with Gasteiger partial charge in [-0.05, 0) is 12.1 Å². The lowest BCUT2D eigenvalue weighted by atomic mass is 10.3. The highest BCUT2D eigenvalue weighted by molar-refractivity contribution is 7.23. The Balaban J connectivity index is 1.80. The second kappa shape index (κ2) is 5.32. The van der Waals surface area contributed by atoms with Gasteiger partial charge in [0.05, 0.1) is 20.4 Å². The third-order valence-corrected chi connectivity index (χ3v) is 5.28. The summed E-state index contributed by atoms with van der Waals surface area (Å²) < 4.78 is 53.5. The van der Waals surface area contributed by atoms with Gasteiger partial charge in [0.2, 0.25) is 5.78 Å². The van der Waals surface area contributed by atoms with Crippen LogP contribution < -0.4 is 0 Å². The summed E-state index contributed by atoms with van der Waals surface area (Å²) in [6.45, 7) is 0. The predicted molar refractivity (Wildman–Crippen MR) is 82.5 cm³/mol. The molecule has 120 valence electrons. The molecule has 3 nitrogen and oxygen atoms in total. The predicted octanol–water partition coefficient (Wildman–Crippen LogP) is 4.69. The van der Waals surface area contributed by atoms with Crippen LogP contribution in [0.15, 0.2) is 24.3 Å². The average molecular weight is 368 g/mol. The Morgan fingerprint density at radius 1 is 0.708 bits per heavy atom. The van der Waals surface area contributed by atoms with Gasteiger partial charge in [-0.25, -0.2) is 27.5 Å². The Morgan fingerprint density at radius 3 is 1.50 bits per heavy atom. The molecule has 4 rings (SSSR count). The molecule has 0 aliphatic carbocycles. The molecule has 9 heteroatoms.